The summed E-state index contributed by atoms with van der Waals surface area (Å²) in [4.78, 5) is 23.7. The fourth-order valence-corrected chi connectivity index (χ4v) is 2.42. The molecule has 0 atom stereocenters. The lowest BCUT2D eigenvalue weighted by atomic mass is 10.2. The molecular formula is C19H16ClNO5. The molecule has 0 fully saturated rings. The second-order valence-corrected chi connectivity index (χ2v) is 5.82. The van der Waals surface area contributed by atoms with Crippen LogP contribution in [0.3, 0.4) is 0 Å². The Morgan fingerprint density at radius 3 is 2.69 bits per heavy atom. The molecule has 0 unspecified atom stereocenters. The molecule has 7 heteroatoms. The van der Waals surface area contributed by atoms with E-state index in [-0.39, 0.29) is 5.76 Å². The highest BCUT2D eigenvalue weighted by molar-refractivity contribution is 6.31. The Kier molecular flexibility index (Phi) is 5.76. The van der Waals surface area contributed by atoms with Crippen LogP contribution in [0.4, 0.5) is 0 Å². The maximum Gasteiger partial charge on any atom is 0.374 e. The van der Waals surface area contributed by atoms with Crippen molar-refractivity contribution in [2.75, 3.05) is 19.8 Å². The molecule has 0 bridgehead atoms. The summed E-state index contributed by atoms with van der Waals surface area (Å²) in [5, 5.41) is 3.83. The Balaban J connectivity index is 1.41. The Labute approximate surface area is 154 Å². The monoisotopic (exact) mass is 373 g/mol. The zero-order valence-electron chi connectivity index (χ0n) is 13.7. The smallest absolute Gasteiger partial charge is 0.374 e. The largest absolute Gasteiger partial charge is 0.492 e. The first kappa shape index (κ1) is 17.8. The third kappa shape index (κ3) is 4.77. The maximum atomic E-state index is 12.0. The number of halogens is 1. The maximum absolute atomic E-state index is 12.0. The van der Waals surface area contributed by atoms with Crippen LogP contribution >= 0.6 is 11.6 Å². The third-order valence-corrected chi connectivity index (χ3v) is 3.69. The highest BCUT2D eigenvalue weighted by atomic mass is 35.5. The molecular weight excluding hydrogens is 358 g/mol. The van der Waals surface area contributed by atoms with Crippen LogP contribution in [0.1, 0.15) is 10.6 Å². The van der Waals surface area contributed by atoms with Crippen molar-refractivity contribution in [3.05, 3.63) is 65.4 Å². The van der Waals surface area contributed by atoms with E-state index in [4.69, 9.17) is 25.5 Å². The number of nitrogens with one attached hydrogen (secondary N) is 1. The van der Waals surface area contributed by atoms with Crippen molar-refractivity contribution >= 4 is 34.4 Å². The van der Waals surface area contributed by atoms with Gasteiger partial charge in [0.05, 0.1) is 6.54 Å². The molecule has 0 aliphatic carbocycles. The minimum Gasteiger partial charge on any atom is -0.492 e. The van der Waals surface area contributed by atoms with E-state index in [1.807, 2.05) is 30.3 Å². The van der Waals surface area contributed by atoms with Gasteiger partial charge in [-0.25, -0.2) is 4.79 Å². The van der Waals surface area contributed by atoms with Crippen LogP contribution in [0.25, 0.3) is 11.0 Å². The van der Waals surface area contributed by atoms with Crippen LogP contribution in [-0.4, -0.2) is 31.6 Å². The summed E-state index contributed by atoms with van der Waals surface area (Å²) in [5.74, 6) is -0.400. The third-order valence-electron chi connectivity index (χ3n) is 3.45. The molecule has 1 amide bonds. The summed E-state index contributed by atoms with van der Waals surface area (Å²) < 4.78 is 15.8. The van der Waals surface area contributed by atoms with Crippen LogP contribution in [0, 0.1) is 0 Å². The summed E-state index contributed by atoms with van der Waals surface area (Å²) in [6.45, 7) is 0.213. The van der Waals surface area contributed by atoms with Gasteiger partial charge in [-0.3, -0.25) is 4.79 Å². The summed E-state index contributed by atoms with van der Waals surface area (Å²) in [5.41, 5.74) is 0.517. The Bertz CT molecular complexity index is 907. The molecule has 6 nitrogen and oxygen atoms in total. The molecule has 0 spiro atoms. The fraction of sp³-hybridized carbons (Fsp3) is 0.158. The zero-order chi connectivity index (χ0) is 18.4. The van der Waals surface area contributed by atoms with Crippen LogP contribution in [-0.2, 0) is 9.53 Å². The first-order chi connectivity index (χ1) is 12.6. The van der Waals surface area contributed by atoms with Crippen molar-refractivity contribution in [3.8, 4) is 5.75 Å². The molecule has 0 saturated carbocycles. The lowest BCUT2D eigenvalue weighted by Gasteiger charge is -2.07. The summed E-state index contributed by atoms with van der Waals surface area (Å²) in [6, 6.07) is 15.8. The fourth-order valence-electron chi connectivity index (χ4n) is 2.24. The van der Waals surface area contributed by atoms with Gasteiger partial charge in [-0.15, -0.1) is 0 Å². The second-order valence-electron chi connectivity index (χ2n) is 5.38. The van der Waals surface area contributed by atoms with Crippen molar-refractivity contribution in [3.63, 3.8) is 0 Å². The molecule has 1 aromatic heterocycles. The summed E-state index contributed by atoms with van der Waals surface area (Å²) in [6.07, 6.45) is 0. The molecule has 0 aliphatic rings. The number of esters is 1. The SMILES string of the molecule is O=C(COC(=O)c1cc2cc(Cl)ccc2o1)NCCOc1ccccc1. The van der Waals surface area contributed by atoms with E-state index in [9.17, 15) is 9.59 Å². The Hall–Kier alpha value is -2.99. The lowest BCUT2D eigenvalue weighted by molar-refractivity contribution is -0.124. The van der Waals surface area contributed by atoms with Crippen LogP contribution < -0.4 is 10.1 Å². The van der Waals surface area contributed by atoms with E-state index in [0.29, 0.717) is 29.1 Å². The van der Waals surface area contributed by atoms with Gasteiger partial charge >= 0.3 is 5.97 Å². The van der Waals surface area contributed by atoms with Crippen LogP contribution in [0.2, 0.25) is 5.02 Å². The molecule has 1 heterocycles. The number of hydrogen-bond acceptors (Lipinski definition) is 5. The molecule has 0 saturated heterocycles. The molecule has 134 valence electrons. The van der Waals surface area contributed by atoms with Crippen molar-refractivity contribution in [1.29, 1.82) is 0 Å². The van der Waals surface area contributed by atoms with Crippen molar-refractivity contribution in [1.82, 2.24) is 5.32 Å². The molecule has 26 heavy (non-hydrogen) atoms. The van der Waals surface area contributed by atoms with Gasteiger partial charge in [0.1, 0.15) is 17.9 Å². The van der Waals surface area contributed by atoms with Gasteiger partial charge in [-0.1, -0.05) is 29.8 Å². The normalized spacial score (nSPS) is 10.5. The number of hydrogen-bond donors (Lipinski definition) is 1. The number of fused-ring (bicyclic) bond motifs is 1. The number of carbonyl (C=O) groups is 2. The number of amides is 1. The number of benzene rings is 2. The average molecular weight is 374 g/mol. The molecule has 3 aromatic rings. The minimum atomic E-state index is -0.715. The Morgan fingerprint density at radius 2 is 1.88 bits per heavy atom. The lowest BCUT2D eigenvalue weighted by Crippen LogP contribution is -2.32. The van der Waals surface area contributed by atoms with Gasteiger partial charge < -0.3 is 19.2 Å². The van der Waals surface area contributed by atoms with Gasteiger partial charge in [0, 0.05) is 10.4 Å². The minimum absolute atomic E-state index is 0.0162. The Morgan fingerprint density at radius 1 is 1.08 bits per heavy atom. The van der Waals surface area contributed by atoms with E-state index in [0.717, 1.165) is 5.75 Å². The molecule has 1 N–H and O–H groups in total. The van der Waals surface area contributed by atoms with Gasteiger partial charge in [0.25, 0.3) is 5.91 Å². The standard InChI is InChI=1S/C19H16ClNO5/c20-14-6-7-16-13(10-14)11-17(26-16)19(23)25-12-18(22)21-8-9-24-15-4-2-1-3-5-15/h1-7,10-11H,8-9,12H2,(H,21,22). The van der Waals surface area contributed by atoms with Gasteiger partial charge in [0.2, 0.25) is 5.76 Å². The molecule has 2 aromatic carbocycles. The quantitative estimate of drug-likeness (QED) is 0.507. The number of para-hydroxylation sites is 1. The summed E-state index contributed by atoms with van der Waals surface area (Å²) >= 11 is 5.89. The topological polar surface area (TPSA) is 77.8 Å². The van der Waals surface area contributed by atoms with Gasteiger partial charge in [0.15, 0.2) is 6.61 Å². The number of rotatable bonds is 7. The molecule has 3 rings (SSSR count). The molecule has 0 radical (unpaired) electrons. The van der Waals surface area contributed by atoms with E-state index < -0.39 is 18.5 Å². The first-order valence-corrected chi connectivity index (χ1v) is 8.30. The van der Waals surface area contributed by atoms with Gasteiger partial charge in [-0.05, 0) is 36.4 Å². The van der Waals surface area contributed by atoms with E-state index >= 15 is 0 Å². The predicted molar refractivity (Wildman–Crippen MR) is 96.5 cm³/mol. The number of ether oxygens (including phenoxy) is 2. The first-order valence-electron chi connectivity index (χ1n) is 7.92. The number of furan rings is 1. The van der Waals surface area contributed by atoms with Crippen molar-refractivity contribution < 1.29 is 23.5 Å². The predicted octanol–water partition coefficient (Wildman–Crippen LogP) is 3.44. The van der Waals surface area contributed by atoms with Crippen molar-refractivity contribution in [2.24, 2.45) is 0 Å². The van der Waals surface area contributed by atoms with E-state index in [1.54, 1.807) is 18.2 Å². The number of carbonyl (C=O) groups excluding carboxylic acids is 2. The highest BCUT2D eigenvalue weighted by Gasteiger charge is 2.15. The second kappa shape index (κ2) is 8.40. The van der Waals surface area contributed by atoms with Crippen molar-refractivity contribution in [2.45, 2.75) is 0 Å². The summed E-state index contributed by atoms with van der Waals surface area (Å²) in [7, 11) is 0. The van der Waals surface area contributed by atoms with Crippen LogP contribution in [0.5, 0.6) is 5.75 Å². The van der Waals surface area contributed by atoms with E-state index in [2.05, 4.69) is 5.32 Å². The molecule has 0 aliphatic heterocycles. The highest BCUT2D eigenvalue weighted by Crippen LogP contribution is 2.23. The zero-order valence-corrected chi connectivity index (χ0v) is 14.5. The van der Waals surface area contributed by atoms with Gasteiger partial charge in [-0.2, -0.15) is 0 Å². The van der Waals surface area contributed by atoms with E-state index in [1.165, 1.54) is 6.07 Å². The average Bonchev–Trinajstić information content (AvgIpc) is 3.07. The van der Waals surface area contributed by atoms with Crippen LogP contribution in [0.15, 0.2) is 59.0 Å².